The number of carbonyl (C=O) groups is 2. The van der Waals surface area contributed by atoms with Crippen molar-refractivity contribution in [2.24, 2.45) is 5.92 Å². The van der Waals surface area contributed by atoms with Gasteiger partial charge in [-0.25, -0.2) is 0 Å². The first-order valence-electron chi connectivity index (χ1n) is 7.23. The van der Waals surface area contributed by atoms with E-state index in [0.717, 1.165) is 12.1 Å². The van der Waals surface area contributed by atoms with Crippen molar-refractivity contribution >= 4 is 11.8 Å². The lowest BCUT2D eigenvalue weighted by Crippen LogP contribution is -2.48. The first kappa shape index (κ1) is 17.2. The molecule has 0 fully saturated rings. The molecule has 0 radical (unpaired) electrons. The lowest BCUT2D eigenvalue weighted by atomic mass is 10.0. The largest absolute Gasteiger partial charge is 0.346 e. The zero-order valence-electron chi connectivity index (χ0n) is 13.2. The van der Waals surface area contributed by atoms with Crippen molar-refractivity contribution in [2.45, 2.75) is 33.2 Å². The molecule has 0 saturated carbocycles. The Morgan fingerprint density at radius 3 is 2.62 bits per heavy atom. The van der Waals surface area contributed by atoms with E-state index in [0.29, 0.717) is 0 Å². The minimum Gasteiger partial charge on any atom is -0.346 e. The van der Waals surface area contributed by atoms with Crippen LogP contribution < -0.4 is 16.0 Å². The molecule has 0 spiro atoms. The van der Waals surface area contributed by atoms with E-state index in [2.05, 4.69) is 16.0 Å². The minimum absolute atomic E-state index is 0.0301. The van der Waals surface area contributed by atoms with Gasteiger partial charge in [0, 0.05) is 5.70 Å². The van der Waals surface area contributed by atoms with Crippen molar-refractivity contribution in [3.63, 3.8) is 0 Å². The van der Waals surface area contributed by atoms with Crippen molar-refractivity contribution in [1.82, 2.24) is 16.0 Å². The molecular formula is C16H25N3O2. The van der Waals surface area contributed by atoms with E-state index in [1.165, 1.54) is 5.57 Å². The summed E-state index contributed by atoms with van der Waals surface area (Å²) in [6, 6.07) is -0.291. The predicted molar refractivity (Wildman–Crippen MR) is 84.4 cm³/mol. The van der Waals surface area contributed by atoms with Crippen molar-refractivity contribution in [3.8, 4) is 0 Å². The van der Waals surface area contributed by atoms with Gasteiger partial charge in [0.1, 0.15) is 0 Å². The van der Waals surface area contributed by atoms with E-state index in [4.69, 9.17) is 0 Å². The molecule has 0 heterocycles. The average Bonchev–Trinajstić information content (AvgIpc) is 2.62. The van der Waals surface area contributed by atoms with Gasteiger partial charge in [-0.15, -0.1) is 0 Å². The maximum Gasteiger partial charge on any atom is 0.243 e. The number of allylic oxidation sites excluding steroid dienone is 5. The first-order valence-corrected chi connectivity index (χ1v) is 7.23. The second-order valence-electron chi connectivity index (χ2n) is 5.52. The molecule has 0 aromatic carbocycles. The van der Waals surface area contributed by atoms with E-state index in [1.807, 2.05) is 45.1 Å². The van der Waals surface area contributed by atoms with Crippen LogP contribution in [-0.4, -0.2) is 31.4 Å². The third-order valence-electron chi connectivity index (χ3n) is 3.25. The fraction of sp³-hybridized carbons (Fsp3) is 0.500. The van der Waals surface area contributed by atoms with Gasteiger partial charge in [-0.1, -0.05) is 31.6 Å². The Kier molecular flexibility index (Phi) is 6.88. The maximum atomic E-state index is 11.9. The normalized spacial score (nSPS) is 15.9. The summed E-state index contributed by atoms with van der Waals surface area (Å²) < 4.78 is 0. The van der Waals surface area contributed by atoms with E-state index >= 15 is 0 Å². The van der Waals surface area contributed by atoms with Gasteiger partial charge in [-0.2, -0.15) is 0 Å². The molecule has 1 rings (SSSR count). The number of hydrogen-bond donors (Lipinski definition) is 3. The fourth-order valence-electron chi connectivity index (χ4n) is 2.06. The molecule has 0 aliphatic heterocycles. The number of rotatable bonds is 6. The van der Waals surface area contributed by atoms with Crippen LogP contribution in [-0.2, 0) is 9.59 Å². The Labute approximate surface area is 126 Å². The molecule has 0 aromatic rings. The van der Waals surface area contributed by atoms with E-state index in [1.54, 1.807) is 7.05 Å². The molecule has 1 unspecified atom stereocenters. The molecule has 21 heavy (non-hydrogen) atoms. The number of amides is 2. The number of likely N-dealkylation sites (N-methyl/N-ethyl adjacent to an activating group) is 1. The number of nitrogens with one attached hydrogen (secondary N) is 3. The maximum absolute atomic E-state index is 11.9. The van der Waals surface area contributed by atoms with Crippen LogP contribution in [0.4, 0.5) is 0 Å². The standard InChI is InChI=1S/C16H25N3O2/c1-11(2)15(17-4)16(21)18-10-14(20)19-13-7-5-6-12(3)8-9-13/h5,7-9,11,15,17H,6,10H2,1-4H3,(H,18,21)(H,19,20). The van der Waals surface area contributed by atoms with Gasteiger partial charge in [0.05, 0.1) is 12.6 Å². The summed E-state index contributed by atoms with van der Waals surface area (Å²) in [7, 11) is 1.74. The molecule has 1 atom stereocenters. The molecule has 1 aliphatic rings. The van der Waals surface area contributed by atoms with Crippen LogP contribution in [0, 0.1) is 5.92 Å². The first-order chi connectivity index (χ1) is 9.93. The SMILES string of the molecule is CNC(C(=O)NCC(=O)NC1=CC=C(C)CC=C1)C(C)C. The highest BCUT2D eigenvalue weighted by molar-refractivity contribution is 5.88. The topological polar surface area (TPSA) is 70.2 Å². The smallest absolute Gasteiger partial charge is 0.243 e. The summed E-state index contributed by atoms with van der Waals surface area (Å²) in [6.45, 7) is 5.92. The van der Waals surface area contributed by atoms with Crippen LogP contribution >= 0.6 is 0 Å². The van der Waals surface area contributed by atoms with Crippen LogP contribution in [0.25, 0.3) is 0 Å². The number of hydrogen-bond acceptors (Lipinski definition) is 3. The van der Waals surface area contributed by atoms with Gasteiger partial charge < -0.3 is 16.0 Å². The van der Waals surface area contributed by atoms with E-state index < -0.39 is 0 Å². The highest BCUT2D eigenvalue weighted by Crippen LogP contribution is 2.08. The summed E-state index contributed by atoms with van der Waals surface area (Å²) in [5, 5.41) is 8.37. The summed E-state index contributed by atoms with van der Waals surface area (Å²) >= 11 is 0. The molecule has 0 aromatic heterocycles. The monoisotopic (exact) mass is 291 g/mol. The van der Waals surface area contributed by atoms with Crippen molar-refractivity contribution < 1.29 is 9.59 Å². The Hall–Kier alpha value is -1.88. The van der Waals surface area contributed by atoms with E-state index in [9.17, 15) is 9.59 Å². The third-order valence-corrected chi connectivity index (χ3v) is 3.25. The second-order valence-corrected chi connectivity index (χ2v) is 5.52. The molecule has 5 nitrogen and oxygen atoms in total. The highest BCUT2D eigenvalue weighted by Gasteiger charge is 2.20. The molecule has 3 N–H and O–H groups in total. The van der Waals surface area contributed by atoms with E-state index in [-0.39, 0.29) is 30.3 Å². The van der Waals surface area contributed by atoms with Gasteiger partial charge in [0.15, 0.2) is 0 Å². The van der Waals surface area contributed by atoms with Crippen LogP contribution in [0.3, 0.4) is 0 Å². The zero-order valence-corrected chi connectivity index (χ0v) is 13.2. The predicted octanol–water partition coefficient (Wildman–Crippen LogP) is 1.25. The summed E-state index contributed by atoms with van der Waals surface area (Å²) in [4.78, 5) is 23.8. The van der Waals surface area contributed by atoms with Crippen LogP contribution in [0.2, 0.25) is 0 Å². The minimum atomic E-state index is -0.291. The number of carbonyl (C=O) groups excluding carboxylic acids is 2. The molecule has 0 bridgehead atoms. The van der Waals surface area contributed by atoms with Crippen LogP contribution in [0.15, 0.2) is 35.6 Å². The third kappa shape index (κ3) is 5.95. The molecule has 5 heteroatoms. The molecule has 116 valence electrons. The van der Waals surface area contributed by atoms with Crippen molar-refractivity contribution in [3.05, 3.63) is 35.6 Å². The molecule has 1 aliphatic carbocycles. The van der Waals surface area contributed by atoms with Crippen molar-refractivity contribution in [1.29, 1.82) is 0 Å². The van der Waals surface area contributed by atoms with Crippen LogP contribution in [0.1, 0.15) is 27.2 Å². The van der Waals surface area contributed by atoms with Gasteiger partial charge in [-0.3, -0.25) is 9.59 Å². The lowest BCUT2D eigenvalue weighted by Gasteiger charge is -2.19. The summed E-state index contributed by atoms with van der Waals surface area (Å²) in [5.74, 6) is -0.228. The van der Waals surface area contributed by atoms with Crippen molar-refractivity contribution in [2.75, 3.05) is 13.6 Å². The summed E-state index contributed by atoms with van der Waals surface area (Å²) in [5.41, 5.74) is 1.97. The fourth-order valence-corrected chi connectivity index (χ4v) is 2.06. The lowest BCUT2D eigenvalue weighted by molar-refractivity contribution is -0.127. The molecule has 0 saturated heterocycles. The Morgan fingerprint density at radius 2 is 2.00 bits per heavy atom. The Balaban J connectivity index is 2.46. The summed E-state index contributed by atoms with van der Waals surface area (Å²) in [6.07, 6.45) is 8.59. The molecule has 2 amide bonds. The second kappa shape index (κ2) is 8.42. The Morgan fingerprint density at radius 1 is 1.29 bits per heavy atom. The van der Waals surface area contributed by atoms with Gasteiger partial charge in [0.2, 0.25) is 11.8 Å². The van der Waals surface area contributed by atoms with Gasteiger partial charge in [0.25, 0.3) is 0 Å². The zero-order chi connectivity index (χ0) is 15.8. The molecular weight excluding hydrogens is 266 g/mol. The Bertz CT molecular complexity index is 476. The average molecular weight is 291 g/mol. The van der Waals surface area contributed by atoms with Gasteiger partial charge >= 0.3 is 0 Å². The van der Waals surface area contributed by atoms with Gasteiger partial charge in [-0.05, 0) is 38.5 Å². The van der Waals surface area contributed by atoms with Crippen LogP contribution in [0.5, 0.6) is 0 Å². The highest BCUT2D eigenvalue weighted by atomic mass is 16.2. The quantitative estimate of drug-likeness (QED) is 0.690.